The highest BCUT2D eigenvalue weighted by Gasteiger charge is 2.30. The van der Waals surface area contributed by atoms with E-state index in [1.165, 1.54) is 6.33 Å². The summed E-state index contributed by atoms with van der Waals surface area (Å²) in [6, 6.07) is 7.64. The number of hydrogen-bond donors (Lipinski definition) is 2. The first-order chi connectivity index (χ1) is 14.5. The van der Waals surface area contributed by atoms with E-state index in [0.29, 0.717) is 11.6 Å². The zero-order chi connectivity index (χ0) is 22.6. The molecule has 1 aromatic carbocycles. The van der Waals surface area contributed by atoms with Gasteiger partial charge in [0.2, 0.25) is 10.0 Å². The maximum Gasteiger partial charge on any atom is 0.416 e. The Hall–Kier alpha value is -2.99. The fourth-order valence-corrected chi connectivity index (χ4v) is 4.02. The Bertz CT molecular complexity index is 1140. The highest BCUT2D eigenvalue weighted by molar-refractivity contribution is 7.88. The van der Waals surface area contributed by atoms with Gasteiger partial charge in [-0.1, -0.05) is 12.1 Å². The Balaban J connectivity index is 1.52. The maximum atomic E-state index is 12.6. The van der Waals surface area contributed by atoms with Gasteiger partial charge in [0.05, 0.1) is 17.0 Å². The van der Waals surface area contributed by atoms with Gasteiger partial charge in [-0.2, -0.15) is 18.3 Å². The Morgan fingerprint density at radius 2 is 1.74 bits per heavy atom. The van der Waals surface area contributed by atoms with Crippen LogP contribution in [0.5, 0.6) is 0 Å². The molecule has 2 N–H and O–H groups in total. The molecule has 0 atom stereocenters. The molecule has 0 fully saturated rings. The Labute approximate surface area is 177 Å². The molecular weight excluding hydrogens is 433 g/mol. The zero-order valence-electron chi connectivity index (χ0n) is 16.8. The standard InChI is InChI=1S/C19H21F3N6O2S/c1-13-9-14(2)28(27-13)18-10-17(24-12-25-18)23-7-8-26-31(29,30)11-15-3-5-16(6-4-15)19(20,21)22/h3-6,9-10,12,26H,7-8,11H2,1-2H3,(H,23,24,25). The molecule has 0 bridgehead atoms. The predicted molar refractivity (Wildman–Crippen MR) is 109 cm³/mol. The van der Waals surface area contributed by atoms with Gasteiger partial charge in [-0.25, -0.2) is 27.8 Å². The van der Waals surface area contributed by atoms with Crippen LogP contribution in [-0.4, -0.2) is 41.3 Å². The molecule has 0 saturated heterocycles. The minimum absolute atomic E-state index is 0.0716. The number of aryl methyl sites for hydroxylation is 2. The molecule has 0 radical (unpaired) electrons. The van der Waals surface area contributed by atoms with E-state index in [1.54, 1.807) is 10.7 Å². The summed E-state index contributed by atoms with van der Waals surface area (Å²) < 4.78 is 66.2. The van der Waals surface area contributed by atoms with Crippen LogP contribution in [-0.2, 0) is 22.0 Å². The number of halogens is 3. The van der Waals surface area contributed by atoms with Crippen molar-refractivity contribution in [2.24, 2.45) is 0 Å². The predicted octanol–water partition coefficient (Wildman–Crippen LogP) is 2.83. The van der Waals surface area contributed by atoms with Gasteiger partial charge in [0.15, 0.2) is 5.82 Å². The fourth-order valence-electron chi connectivity index (χ4n) is 2.88. The third-order valence-corrected chi connectivity index (χ3v) is 5.63. The summed E-state index contributed by atoms with van der Waals surface area (Å²) in [6.45, 7) is 4.10. The van der Waals surface area contributed by atoms with Crippen LogP contribution in [0, 0.1) is 13.8 Å². The van der Waals surface area contributed by atoms with E-state index < -0.39 is 27.5 Å². The molecule has 12 heteroatoms. The summed E-state index contributed by atoms with van der Waals surface area (Å²) in [5, 5.41) is 7.35. The minimum Gasteiger partial charge on any atom is -0.369 e. The first-order valence-electron chi connectivity index (χ1n) is 9.26. The smallest absolute Gasteiger partial charge is 0.369 e. The van der Waals surface area contributed by atoms with Crippen molar-refractivity contribution < 1.29 is 21.6 Å². The van der Waals surface area contributed by atoms with Crippen LogP contribution in [0.4, 0.5) is 19.0 Å². The van der Waals surface area contributed by atoms with Gasteiger partial charge in [-0.15, -0.1) is 0 Å². The maximum absolute atomic E-state index is 12.6. The largest absolute Gasteiger partial charge is 0.416 e. The van der Waals surface area contributed by atoms with Crippen molar-refractivity contribution in [3.8, 4) is 5.82 Å². The van der Waals surface area contributed by atoms with Crippen LogP contribution in [0.25, 0.3) is 5.82 Å². The van der Waals surface area contributed by atoms with E-state index in [4.69, 9.17) is 0 Å². The lowest BCUT2D eigenvalue weighted by Crippen LogP contribution is -2.30. The molecule has 0 aliphatic carbocycles. The van der Waals surface area contributed by atoms with Crippen molar-refractivity contribution in [1.82, 2.24) is 24.5 Å². The number of benzene rings is 1. The van der Waals surface area contributed by atoms with Crippen molar-refractivity contribution in [1.29, 1.82) is 0 Å². The number of sulfonamides is 1. The monoisotopic (exact) mass is 454 g/mol. The van der Waals surface area contributed by atoms with Crippen molar-refractivity contribution in [2.75, 3.05) is 18.4 Å². The van der Waals surface area contributed by atoms with Gasteiger partial charge in [0.25, 0.3) is 0 Å². The average Bonchev–Trinajstić information content (AvgIpc) is 3.03. The molecule has 3 aromatic rings. The Morgan fingerprint density at radius 1 is 1.03 bits per heavy atom. The van der Waals surface area contributed by atoms with E-state index in [1.807, 2.05) is 19.9 Å². The van der Waals surface area contributed by atoms with E-state index in [0.717, 1.165) is 35.7 Å². The van der Waals surface area contributed by atoms with Gasteiger partial charge < -0.3 is 5.32 Å². The Morgan fingerprint density at radius 3 is 2.35 bits per heavy atom. The lowest BCUT2D eigenvalue weighted by atomic mass is 10.1. The summed E-state index contributed by atoms with van der Waals surface area (Å²) in [6.07, 6.45) is -3.08. The minimum atomic E-state index is -4.46. The molecule has 0 unspecified atom stereocenters. The van der Waals surface area contributed by atoms with Crippen LogP contribution in [0.2, 0.25) is 0 Å². The second-order valence-corrected chi connectivity index (χ2v) is 8.68. The van der Waals surface area contributed by atoms with Gasteiger partial charge in [0.1, 0.15) is 12.1 Å². The third kappa shape index (κ3) is 6.25. The SMILES string of the molecule is Cc1cc(C)n(-c2cc(NCCNS(=O)(=O)Cc3ccc(C(F)(F)F)cc3)ncn2)n1. The zero-order valence-corrected chi connectivity index (χ0v) is 17.6. The molecule has 166 valence electrons. The lowest BCUT2D eigenvalue weighted by molar-refractivity contribution is -0.137. The molecular formula is C19H21F3N6O2S. The average molecular weight is 454 g/mol. The topological polar surface area (TPSA) is 102 Å². The van der Waals surface area contributed by atoms with Crippen LogP contribution in [0.15, 0.2) is 42.7 Å². The van der Waals surface area contributed by atoms with Crippen molar-refractivity contribution in [3.63, 3.8) is 0 Å². The summed E-state index contributed by atoms with van der Waals surface area (Å²) in [5.41, 5.74) is 1.21. The molecule has 31 heavy (non-hydrogen) atoms. The number of nitrogens with zero attached hydrogens (tertiary/aromatic N) is 4. The molecule has 2 aromatic heterocycles. The Kier molecular flexibility index (Phi) is 6.60. The second-order valence-electron chi connectivity index (χ2n) is 6.88. The highest BCUT2D eigenvalue weighted by Crippen LogP contribution is 2.29. The van der Waals surface area contributed by atoms with E-state index in [9.17, 15) is 21.6 Å². The molecule has 3 rings (SSSR count). The summed E-state index contributed by atoms with van der Waals surface area (Å²) in [5.74, 6) is 0.659. The molecule has 8 nitrogen and oxygen atoms in total. The van der Waals surface area contributed by atoms with E-state index in [-0.39, 0.29) is 18.7 Å². The molecule has 0 spiro atoms. The van der Waals surface area contributed by atoms with Crippen molar-refractivity contribution in [2.45, 2.75) is 25.8 Å². The summed E-state index contributed by atoms with van der Waals surface area (Å²) in [4.78, 5) is 8.29. The lowest BCUT2D eigenvalue weighted by Gasteiger charge is -2.10. The molecule has 0 saturated carbocycles. The summed E-state index contributed by atoms with van der Waals surface area (Å²) in [7, 11) is -3.71. The highest BCUT2D eigenvalue weighted by atomic mass is 32.2. The molecule has 0 aliphatic rings. The van der Waals surface area contributed by atoms with Crippen LogP contribution >= 0.6 is 0 Å². The van der Waals surface area contributed by atoms with Gasteiger partial charge in [-0.3, -0.25) is 0 Å². The number of anilines is 1. The summed E-state index contributed by atoms with van der Waals surface area (Å²) >= 11 is 0. The normalized spacial score (nSPS) is 12.2. The van der Waals surface area contributed by atoms with Crippen LogP contribution in [0.3, 0.4) is 0 Å². The second kappa shape index (κ2) is 9.02. The molecule has 0 aliphatic heterocycles. The first-order valence-corrected chi connectivity index (χ1v) is 10.9. The number of hydrogen-bond acceptors (Lipinski definition) is 6. The van der Waals surface area contributed by atoms with Crippen LogP contribution < -0.4 is 10.0 Å². The number of nitrogens with one attached hydrogen (secondary N) is 2. The van der Waals surface area contributed by atoms with E-state index in [2.05, 4.69) is 25.1 Å². The fraction of sp³-hybridized carbons (Fsp3) is 0.316. The van der Waals surface area contributed by atoms with E-state index >= 15 is 0 Å². The van der Waals surface area contributed by atoms with Crippen molar-refractivity contribution >= 4 is 15.8 Å². The molecule has 2 heterocycles. The number of rotatable bonds is 8. The number of aromatic nitrogens is 4. The third-order valence-electron chi connectivity index (χ3n) is 4.27. The van der Waals surface area contributed by atoms with Crippen LogP contribution in [0.1, 0.15) is 22.5 Å². The van der Waals surface area contributed by atoms with Crippen molar-refractivity contribution in [3.05, 3.63) is 65.2 Å². The first kappa shape index (κ1) is 22.7. The quantitative estimate of drug-likeness (QED) is 0.508. The molecule has 0 amide bonds. The number of alkyl halides is 3. The van der Waals surface area contributed by atoms with Gasteiger partial charge >= 0.3 is 6.18 Å². The van der Waals surface area contributed by atoms with Gasteiger partial charge in [-0.05, 0) is 37.6 Å². The van der Waals surface area contributed by atoms with Gasteiger partial charge in [0, 0.05) is 24.8 Å².